The second-order valence-electron chi connectivity index (χ2n) is 4.76. The molecule has 1 nitrogen and oxygen atoms in total. The van der Waals surface area contributed by atoms with Crippen LogP contribution in [-0.2, 0) is 0 Å². The first kappa shape index (κ1) is 14.8. The molecule has 0 aliphatic carbocycles. The lowest BCUT2D eigenvalue weighted by molar-refractivity contribution is -0.158. The number of halogens is 3. The lowest BCUT2D eigenvalue weighted by atomic mass is 9.93. The highest BCUT2D eigenvalue weighted by Crippen LogP contribution is 2.29. The lowest BCUT2D eigenvalue weighted by Gasteiger charge is -2.16. The van der Waals surface area contributed by atoms with Crippen LogP contribution in [0.3, 0.4) is 0 Å². The first-order valence-electron chi connectivity index (χ1n) is 6.27. The molecule has 0 radical (unpaired) electrons. The van der Waals surface area contributed by atoms with E-state index in [9.17, 15) is 8.78 Å². The van der Waals surface area contributed by atoms with Gasteiger partial charge in [-0.05, 0) is 35.4 Å². The van der Waals surface area contributed by atoms with E-state index in [0.717, 1.165) is 18.1 Å². The third-order valence-corrected chi connectivity index (χ3v) is 3.28. The molecule has 106 valence electrons. The van der Waals surface area contributed by atoms with Crippen LogP contribution in [0.4, 0.5) is 8.78 Å². The Hall–Kier alpha value is -1.61. The highest BCUT2D eigenvalue weighted by atomic mass is 35.5. The summed E-state index contributed by atoms with van der Waals surface area (Å²) in [5, 5.41) is 0.670. The van der Waals surface area contributed by atoms with Crippen molar-refractivity contribution in [2.75, 3.05) is 0 Å². The van der Waals surface area contributed by atoms with Gasteiger partial charge in [-0.25, -0.2) is 0 Å². The molecular weight excluding hydrogens is 282 g/mol. The van der Waals surface area contributed by atoms with E-state index in [0.29, 0.717) is 5.02 Å². The second-order valence-corrected chi connectivity index (χ2v) is 5.19. The van der Waals surface area contributed by atoms with Crippen molar-refractivity contribution >= 4 is 11.6 Å². The van der Waals surface area contributed by atoms with Crippen molar-refractivity contribution in [2.24, 2.45) is 0 Å². The van der Waals surface area contributed by atoms with Crippen LogP contribution in [-0.4, -0.2) is 6.11 Å². The average Bonchev–Trinajstić information content (AvgIpc) is 2.37. The fraction of sp³-hybridized carbons (Fsp3) is 0.250. The molecule has 4 heteroatoms. The summed E-state index contributed by atoms with van der Waals surface area (Å²) in [4.78, 5) is 0. The monoisotopic (exact) mass is 296 g/mol. The zero-order valence-electron chi connectivity index (χ0n) is 11.2. The van der Waals surface area contributed by atoms with Crippen LogP contribution in [0, 0.1) is 0 Å². The van der Waals surface area contributed by atoms with Gasteiger partial charge in [0, 0.05) is 17.9 Å². The molecule has 0 heterocycles. The topological polar surface area (TPSA) is 9.23 Å². The minimum absolute atomic E-state index is 0.0706. The van der Waals surface area contributed by atoms with Gasteiger partial charge in [-0.1, -0.05) is 42.8 Å². The summed E-state index contributed by atoms with van der Waals surface area (Å²) in [6, 6.07) is 14.2. The molecule has 1 atom stereocenters. The van der Waals surface area contributed by atoms with Crippen molar-refractivity contribution in [1.29, 1.82) is 0 Å². The van der Waals surface area contributed by atoms with E-state index < -0.39 is 6.11 Å². The van der Waals surface area contributed by atoms with Crippen molar-refractivity contribution in [3.8, 4) is 5.75 Å². The third-order valence-electron chi connectivity index (χ3n) is 3.03. The largest absolute Gasteiger partial charge is 0.433 e. The number of hydrogen-bond acceptors (Lipinski definition) is 1. The standard InChI is InChI=1S/C16H15ClF2O/c1-11(12-6-8-14(17)9-7-12)13-4-3-5-15(10-13)20-16(2,18)19/h3-11H,1-2H3. The summed E-state index contributed by atoms with van der Waals surface area (Å²) in [7, 11) is 0. The Labute approximate surface area is 122 Å². The maximum atomic E-state index is 12.9. The zero-order chi connectivity index (χ0) is 14.8. The molecule has 0 bridgehead atoms. The molecule has 0 spiro atoms. The predicted octanol–water partition coefficient (Wildman–Crippen LogP) is 5.48. The number of alkyl halides is 2. The van der Waals surface area contributed by atoms with E-state index in [1.165, 1.54) is 6.07 Å². The smallest absolute Gasteiger partial charge is 0.394 e. The Bertz CT molecular complexity index is 576. The van der Waals surface area contributed by atoms with Crippen LogP contribution >= 0.6 is 11.6 Å². The van der Waals surface area contributed by atoms with Gasteiger partial charge < -0.3 is 4.74 Å². The van der Waals surface area contributed by atoms with Gasteiger partial charge in [0.1, 0.15) is 5.75 Å². The summed E-state index contributed by atoms with van der Waals surface area (Å²) in [5.41, 5.74) is 1.98. The third kappa shape index (κ3) is 3.94. The van der Waals surface area contributed by atoms with Crippen LogP contribution in [0.1, 0.15) is 30.9 Å². The molecule has 0 aliphatic heterocycles. The minimum atomic E-state index is -3.18. The van der Waals surface area contributed by atoms with Gasteiger partial charge in [0.2, 0.25) is 0 Å². The molecule has 0 amide bonds. The van der Waals surface area contributed by atoms with Crippen LogP contribution < -0.4 is 4.74 Å². The summed E-state index contributed by atoms with van der Waals surface area (Å²) in [6.45, 7) is 2.73. The molecule has 0 aliphatic rings. The number of ether oxygens (including phenoxy) is 1. The molecule has 2 rings (SSSR count). The van der Waals surface area contributed by atoms with Gasteiger partial charge in [0.15, 0.2) is 0 Å². The molecule has 0 saturated heterocycles. The van der Waals surface area contributed by atoms with E-state index >= 15 is 0 Å². The summed E-state index contributed by atoms with van der Waals surface area (Å²) >= 11 is 5.86. The van der Waals surface area contributed by atoms with Crippen molar-refractivity contribution in [3.05, 3.63) is 64.7 Å². The molecule has 1 unspecified atom stereocenters. The van der Waals surface area contributed by atoms with Crippen molar-refractivity contribution < 1.29 is 13.5 Å². The van der Waals surface area contributed by atoms with Crippen LogP contribution in [0.5, 0.6) is 5.75 Å². The average molecular weight is 297 g/mol. The first-order chi connectivity index (χ1) is 9.35. The van der Waals surface area contributed by atoms with Gasteiger partial charge in [-0.3, -0.25) is 0 Å². The van der Waals surface area contributed by atoms with E-state index in [-0.39, 0.29) is 11.7 Å². The van der Waals surface area contributed by atoms with Crippen LogP contribution in [0.25, 0.3) is 0 Å². The van der Waals surface area contributed by atoms with Gasteiger partial charge in [-0.15, -0.1) is 0 Å². The fourth-order valence-electron chi connectivity index (χ4n) is 2.00. The molecule has 0 saturated carbocycles. The first-order valence-corrected chi connectivity index (χ1v) is 6.65. The summed E-state index contributed by atoms with van der Waals surface area (Å²) < 4.78 is 30.3. The quantitative estimate of drug-likeness (QED) is 0.725. The Morgan fingerprint density at radius 3 is 2.30 bits per heavy atom. The van der Waals surface area contributed by atoms with Crippen LogP contribution in [0.15, 0.2) is 48.5 Å². The van der Waals surface area contributed by atoms with Gasteiger partial charge in [0.05, 0.1) is 0 Å². The lowest BCUT2D eigenvalue weighted by Crippen LogP contribution is -2.19. The number of benzene rings is 2. The van der Waals surface area contributed by atoms with Crippen molar-refractivity contribution in [3.63, 3.8) is 0 Å². The van der Waals surface area contributed by atoms with Gasteiger partial charge in [-0.2, -0.15) is 8.78 Å². The summed E-state index contributed by atoms with van der Waals surface area (Å²) in [5.74, 6) is 0.233. The molecule has 2 aromatic carbocycles. The fourth-order valence-corrected chi connectivity index (χ4v) is 2.12. The van der Waals surface area contributed by atoms with E-state index in [4.69, 9.17) is 11.6 Å². The molecule has 0 fully saturated rings. The van der Waals surface area contributed by atoms with E-state index in [2.05, 4.69) is 4.74 Å². The molecule has 20 heavy (non-hydrogen) atoms. The van der Waals surface area contributed by atoms with Crippen molar-refractivity contribution in [1.82, 2.24) is 0 Å². The zero-order valence-corrected chi connectivity index (χ0v) is 12.0. The Kier molecular flexibility index (Phi) is 4.29. The molecular formula is C16H15ClF2O. The molecule has 0 aromatic heterocycles. The maximum absolute atomic E-state index is 12.9. The highest BCUT2D eigenvalue weighted by molar-refractivity contribution is 6.30. The van der Waals surface area contributed by atoms with Gasteiger partial charge >= 0.3 is 6.11 Å². The SMILES string of the molecule is CC(c1ccc(Cl)cc1)c1cccc(OC(C)(F)F)c1. The van der Waals surface area contributed by atoms with E-state index in [1.807, 2.05) is 37.3 Å². The predicted molar refractivity (Wildman–Crippen MR) is 76.7 cm³/mol. The molecule has 2 aromatic rings. The highest BCUT2D eigenvalue weighted by Gasteiger charge is 2.23. The number of hydrogen-bond donors (Lipinski definition) is 0. The Morgan fingerprint density at radius 2 is 1.70 bits per heavy atom. The Balaban J connectivity index is 2.24. The second kappa shape index (κ2) is 5.80. The summed E-state index contributed by atoms with van der Waals surface area (Å²) in [6.07, 6.45) is -3.18. The van der Waals surface area contributed by atoms with E-state index in [1.54, 1.807) is 12.1 Å². The minimum Gasteiger partial charge on any atom is -0.433 e. The molecule has 0 N–H and O–H groups in total. The normalized spacial score (nSPS) is 13.1. The Morgan fingerprint density at radius 1 is 1.05 bits per heavy atom. The number of rotatable bonds is 4. The van der Waals surface area contributed by atoms with Crippen molar-refractivity contribution in [2.45, 2.75) is 25.9 Å². The van der Waals surface area contributed by atoms with Gasteiger partial charge in [0.25, 0.3) is 0 Å². The van der Waals surface area contributed by atoms with Crippen LogP contribution in [0.2, 0.25) is 5.02 Å². The maximum Gasteiger partial charge on any atom is 0.394 e.